The van der Waals surface area contributed by atoms with Crippen molar-refractivity contribution in [1.29, 1.82) is 0 Å². The molecular formula is C24H30N2O5S. The van der Waals surface area contributed by atoms with Gasteiger partial charge >= 0.3 is 0 Å². The number of benzene rings is 2. The van der Waals surface area contributed by atoms with Crippen molar-refractivity contribution < 1.29 is 22.7 Å². The zero-order valence-corrected chi connectivity index (χ0v) is 19.7. The second kappa shape index (κ2) is 11.5. The molecule has 0 aliphatic rings. The summed E-state index contributed by atoms with van der Waals surface area (Å²) < 4.78 is 37.2. The quantitative estimate of drug-likeness (QED) is 0.411. The fourth-order valence-corrected chi connectivity index (χ4v) is 4.07. The van der Waals surface area contributed by atoms with E-state index in [0.717, 1.165) is 11.1 Å². The largest absolute Gasteiger partial charge is 0.493 e. The Morgan fingerprint density at radius 1 is 1.16 bits per heavy atom. The summed E-state index contributed by atoms with van der Waals surface area (Å²) in [5.41, 5.74) is 1.58. The predicted octanol–water partition coefficient (Wildman–Crippen LogP) is 3.62. The number of rotatable bonds is 11. The Labute approximate surface area is 190 Å². The van der Waals surface area contributed by atoms with Gasteiger partial charge in [-0.2, -0.15) is 4.31 Å². The van der Waals surface area contributed by atoms with E-state index in [1.807, 2.05) is 19.9 Å². The van der Waals surface area contributed by atoms with Gasteiger partial charge in [0.15, 0.2) is 11.5 Å². The zero-order valence-electron chi connectivity index (χ0n) is 18.9. The average molecular weight is 459 g/mol. The van der Waals surface area contributed by atoms with Crippen LogP contribution in [0.25, 0.3) is 6.08 Å². The van der Waals surface area contributed by atoms with Gasteiger partial charge in [-0.1, -0.05) is 30.9 Å². The SMILES string of the molecule is C=CCOc1ccc(/C=C/C(=O)NCc2ccc(S(=O)(=O)N(C)C(C)C)cc2)cc1OC. The molecule has 8 heteroatoms. The van der Waals surface area contributed by atoms with Crippen molar-refractivity contribution in [3.05, 3.63) is 72.3 Å². The van der Waals surface area contributed by atoms with E-state index in [1.54, 1.807) is 62.7 Å². The summed E-state index contributed by atoms with van der Waals surface area (Å²) >= 11 is 0. The van der Waals surface area contributed by atoms with E-state index in [9.17, 15) is 13.2 Å². The fraction of sp³-hybridized carbons (Fsp3) is 0.292. The van der Waals surface area contributed by atoms with Crippen molar-refractivity contribution >= 4 is 22.0 Å². The van der Waals surface area contributed by atoms with Gasteiger partial charge in [0.2, 0.25) is 15.9 Å². The highest BCUT2D eigenvalue weighted by molar-refractivity contribution is 7.89. The minimum atomic E-state index is -3.53. The van der Waals surface area contributed by atoms with E-state index in [4.69, 9.17) is 9.47 Å². The third kappa shape index (κ3) is 6.70. The van der Waals surface area contributed by atoms with Crippen LogP contribution in [0.2, 0.25) is 0 Å². The van der Waals surface area contributed by atoms with Crippen molar-refractivity contribution in [2.24, 2.45) is 0 Å². The molecule has 0 atom stereocenters. The average Bonchev–Trinajstić information content (AvgIpc) is 2.79. The molecule has 7 nitrogen and oxygen atoms in total. The molecular weight excluding hydrogens is 428 g/mol. The molecule has 0 heterocycles. The summed E-state index contributed by atoms with van der Waals surface area (Å²) in [5.74, 6) is 0.888. The zero-order chi connectivity index (χ0) is 23.7. The van der Waals surface area contributed by atoms with Gasteiger partial charge in [-0.3, -0.25) is 4.79 Å². The molecule has 32 heavy (non-hydrogen) atoms. The molecule has 0 aromatic heterocycles. The van der Waals surface area contributed by atoms with E-state index >= 15 is 0 Å². The Balaban J connectivity index is 1.97. The minimum absolute atomic E-state index is 0.137. The lowest BCUT2D eigenvalue weighted by atomic mass is 10.2. The first-order valence-electron chi connectivity index (χ1n) is 10.1. The Morgan fingerprint density at radius 2 is 1.84 bits per heavy atom. The normalized spacial score (nSPS) is 11.7. The maximum Gasteiger partial charge on any atom is 0.244 e. The molecule has 0 unspecified atom stereocenters. The van der Waals surface area contributed by atoms with Crippen LogP contribution in [0.5, 0.6) is 11.5 Å². The second-order valence-electron chi connectivity index (χ2n) is 7.32. The molecule has 0 aliphatic carbocycles. The van der Waals surface area contributed by atoms with Crippen LogP contribution >= 0.6 is 0 Å². The summed E-state index contributed by atoms with van der Waals surface area (Å²) in [6.07, 6.45) is 4.75. The summed E-state index contributed by atoms with van der Waals surface area (Å²) in [4.78, 5) is 12.4. The van der Waals surface area contributed by atoms with Gasteiger partial charge in [-0.25, -0.2) is 8.42 Å². The van der Waals surface area contributed by atoms with Gasteiger partial charge in [0.05, 0.1) is 12.0 Å². The number of nitrogens with zero attached hydrogens (tertiary/aromatic N) is 1. The molecule has 0 radical (unpaired) electrons. The second-order valence-corrected chi connectivity index (χ2v) is 9.32. The maximum absolute atomic E-state index is 12.5. The molecule has 0 saturated carbocycles. The summed E-state index contributed by atoms with van der Waals surface area (Å²) in [6.45, 7) is 7.90. The number of carbonyl (C=O) groups is 1. The van der Waals surface area contributed by atoms with Gasteiger partial charge in [-0.15, -0.1) is 0 Å². The Hall–Kier alpha value is -3.10. The van der Waals surface area contributed by atoms with Crippen LogP contribution in [0.4, 0.5) is 0 Å². The Kier molecular flexibility index (Phi) is 9.04. The van der Waals surface area contributed by atoms with Crippen LogP contribution in [-0.2, 0) is 21.4 Å². The summed E-state index contributed by atoms with van der Waals surface area (Å²) in [6, 6.07) is 11.7. The number of nitrogens with one attached hydrogen (secondary N) is 1. The smallest absolute Gasteiger partial charge is 0.244 e. The lowest BCUT2D eigenvalue weighted by Crippen LogP contribution is -2.33. The minimum Gasteiger partial charge on any atom is -0.493 e. The molecule has 2 aromatic rings. The van der Waals surface area contributed by atoms with E-state index in [2.05, 4.69) is 11.9 Å². The predicted molar refractivity (Wildman–Crippen MR) is 126 cm³/mol. The number of hydrogen-bond donors (Lipinski definition) is 1. The van der Waals surface area contributed by atoms with Crippen LogP contribution in [0.15, 0.2) is 66.1 Å². The first kappa shape index (κ1) is 25.2. The highest BCUT2D eigenvalue weighted by atomic mass is 32.2. The van der Waals surface area contributed by atoms with Gasteiger partial charge < -0.3 is 14.8 Å². The monoisotopic (exact) mass is 458 g/mol. The van der Waals surface area contributed by atoms with E-state index < -0.39 is 10.0 Å². The molecule has 0 saturated heterocycles. The highest BCUT2D eigenvalue weighted by Crippen LogP contribution is 2.28. The first-order chi connectivity index (χ1) is 15.2. The van der Waals surface area contributed by atoms with E-state index in [1.165, 1.54) is 10.4 Å². The number of methoxy groups -OCH3 is 1. The number of sulfonamides is 1. The molecule has 0 spiro atoms. The van der Waals surface area contributed by atoms with Crippen molar-refractivity contribution in [1.82, 2.24) is 9.62 Å². The topological polar surface area (TPSA) is 84.9 Å². The van der Waals surface area contributed by atoms with Crippen LogP contribution in [0.1, 0.15) is 25.0 Å². The number of hydrogen-bond acceptors (Lipinski definition) is 5. The third-order valence-electron chi connectivity index (χ3n) is 4.77. The fourth-order valence-electron chi connectivity index (χ4n) is 2.70. The molecule has 1 N–H and O–H groups in total. The molecule has 0 fully saturated rings. The van der Waals surface area contributed by atoms with E-state index in [-0.39, 0.29) is 23.4 Å². The van der Waals surface area contributed by atoms with Gasteiger partial charge in [0, 0.05) is 25.7 Å². The third-order valence-corrected chi connectivity index (χ3v) is 6.81. The molecule has 2 rings (SSSR count). The van der Waals surface area contributed by atoms with Crippen LogP contribution in [0, 0.1) is 0 Å². The van der Waals surface area contributed by atoms with Crippen molar-refractivity contribution in [2.45, 2.75) is 31.3 Å². The number of ether oxygens (including phenoxy) is 2. The standard InChI is InChI=1S/C24H30N2O5S/c1-6-15-31-22-13-9-19(16-23(22)30-5)10-14-24(27)25-17-20-7-11-21(12-8-20)32(28,29)26(4)18(2)3/h6-14,16,18H,1,15,17H2,2-5H3,(H,25,27)/b14-10+. The molecule has 1 amide bonds. The van der Waals surface area contributed by atoms with Gasteiger partial charge in [-0.05, 0) is 55.3 Å². The highest BCUT2D eigenvalue weighted by Gasteiger charge is 2.22. The Bertz CT molecular complexity index is 1060. The maximum atomic E-state index is 12.5. The van der Waals surface area contributed by atoms with Crippen LogP contribution < -0.4 is 14.8 Å². The van der Waals surface area contributed by atoms with Gasteiger partial charge in [0.25, 0.3) is 0 Å². The van der Waals surface area contributed by atoms with E-state index in [0.29, 0.717) is 18.1 Å². The van der Waals surface area contributed by atoms with Crippen LogP contribution in [0.3, 0.4) is 0 Å². The molecule has 2 aromatic carbocycles. The molecule has 0 aliphatic heterocycles. The molecule has 172 valence electrons. The Morgan fingerprint density at radius 3 is 2.44 bits per heavy atom. The van der Waals surface area contributed by atoms with Crippen molar-refractivity contribution in [3.8, 4) is 11.5 Å². The lowest BCUT2D eigenvalue weighted by molar-refractivity contribution is -0.116. The van der Waals surface area contributed by atoms with Gasteiger partial charge in [0.1, 0.15) is 6.61 Å². The number of amides is 1. The first-order valence-corrected chi connectivity index (χ1v) is 11.6. The lowest BCUT2D eigenvalue weighted by Gasteiger charge is -2.21. The van der Waals surface area contributed by atoms with Crippen LogP contribution in [-0.4, -0.2) is 45.4 Å². The summed E-state index contributed by atoms with van der Waals surface area (Å²) in [5, 5.41) is 2.78. The molecule has 0 bridgehead atoms. The number of carbonyl (C=O) groups excluding carboxylic acids is 1. The van der Waals surface area contributed by atoms with Crippen molar-refractivity contribution in [3.63, 3.8) is 0 Å². The summed E-state index contributed by atoms with van der Waals surface area (Å²) in [7, 11) is -0.426. The van der Waals surface area contributed by atoms with Crippen molar-refractivity contribution in [2.75, 3.05) is 20.8 Å².